The maximum Gasteiger partial charge on any atom is 0.166 e. The Balaban J connectivity index is 1.34. The first-order valence-electron chi connectivity index (χ1n) is 13.4. The topological polar surface area (TPSA) is 9.23 Å². The third kappa shape index (κ3) is 6.32. The van der Waals surface area contributed by atoms with Crippen LogP contribution in [-0.2, 0) is 12.8 Å². The van der Waals surface area contributed by atoms with E-state index < -0.39 is 11.6 Å². The molecule has 3 aromatic carbocycles. The fraction of sp³-hybridized carbons (Fsp3) is 0.438. The molecule has 0 aliphatic heterocycles. The van der Waals surface area contributed by atoms with E-state index in [0.29, 0.717) is 17.0 Å². The lowest BCUT2D eigenvalue weighted by atomic mass is 9.76. The second kappa shape index (κ2) is 12.5. The van der Waals surface area contributed by atoms with Crippen molar-refractivity contribution in [3.05, 3.63) is 88.7 Å². The Bertz CT molecular complexity index is 1130. The molecule has 0 atom stereocenters. The third-order valence-electron chi connectivity index (χ3n) is 7.79. The molecule has 36 heavy (non-hydrogen) atoms. The summed E-state index contributed by atoms with van der Waals surface area (Å²) in [5.41, 5.74) is 3.75. The van der Waals surface area contributed by atoms with Crippen LogP contribution in [0.25, 0.3) is 11.1 Å². The molecule has 1 nitrogen and oxygen atoms in total. The first-order valence-corrected chi connectivity index (χ1v) is 13.4. The van der Waals surface area contributed by atoms with E-state index in [4.69, 9.17) is 4.74 Å². The summed E-state index contributed by atoms with van der Waals surface area (Å²) in [5.74, 6) is -0.938. The van der Waals surface area contributed by atoms with Crippen LogP contribution in [0.5, 0.6) is 5.75 Å². The minimum Gasteiger partial charge on any atom is -0.494 e. The normalized spacial score (nSPS) is 17.8. The lowest BCUT2D eigenvalue weighted by Crippen LogP contribution is -2.15. The number of rotatable bonds is 10. The molecule has 0 unspecified atom stereocenters. The van der Waals surface area contributed by atoms with Crippen LogP contribution in [0.15, 0.2) is 54.6 Å². The monoisotopic (exact) mass is 494 g/mol. The zero-order valence-electron chi connectivity index (χ0n) is 21.5. The molecule has 0 saturated heterocycles. The predicted molar refractivity (Wildman–Crippen MR) is 141 cm³/mol. The second-order valence-electron chi connectivity index (χ2n) is 10.2. The van der Waals surface area contributed by atoms with Crippen molar-refractivity contribution in [1.29, 1.82) is 0 Å². The highest BCUT2D eigenvalue weighted by atomic mass is 19.2. The molecule has 0 bridgehead atoms. The summed E-state index contributed by atoms with van der Waals surface area (Å²) in [6, 6.07) is 16.5. The van der Waals surface area contributed by atoms with E-state index in [9.17, 15) is 4.39 Å². The molecule has 0 aromatic heterocycles. The van der Waals surface area contributed by atoms with Crippen molar-refractivity contribution in [2.75, 3.05) is 7.11 Å². The number of hydrogen-bond acceptors (Lipinski definition) is 1. The van der Waals surface area contributed by atoms with Crippen molar-refractivity contribution in [3.8, 4) is 16.9 Å². The molecule has 0 radical (unpaired) electrons. The Morgan fingerprint density at radius 3 is 2.17 bits per heavy atom. The maximum absolute atomic E-state index is 15.2. The summed E-state index contributed by atoms with van der Waals surface area (Å²) in [7, 11) is 1.46. The van der Waals surface area contributed by atoms with Gasteiger partial charge in [-0.2, -0.15) is 0 Å². The van der Waals surface area contributed by atoms with Gasteiger partial charge in [-0.3, -0.25) is 0 Å². The molecule has 0 N–H and O–H groups in total. The Labute approximate surface area is 213 Å². The summed E-state index contributed by atoms with van der Waals surface area (Å²) >= 11 is 0. The fourth-order valence-electron chi connectivity index (χ4n) is 5.53. The zero-order valence-corrected chi connectivity index (χ0v) is 21.5. The standard InChI is InChI=1S/C32H37F3O/c1-3-4-5-6-22-9-14-25(15-10-22)27-18-19-28(32(35)31(27)34)26-16-11-23(12-17-26)7-8-24-13-20-30(36-2)29(33)21-24/h9-10,13-15,18-21,23,26H,3-8,11-12,16-17H2,1-2H3. The highest BCUT2D eigenvalue weighted by Crippen LogP contribution is 2.40. The number of ether oxygens (including phenoxy) is 1. The average molecular weight is 495 g/mol. The fourth-order valence-corrected chi connectivity index (χ4v) is 5.53. The summed E-state index contributed by atoms with van der Waals surface area (Å²) in [6.45, 7) is 2.18. The van der Waals surface area contributed by atoms with Gasteiger partial charge < -0.3 is 4.74 Å². The molecule has 1 aliphatic carbocycles. The number of halogens is 3. The van der Waals surface area contributed by atoms with E-state index in [0.717, 1.165) is 62.5 Å². The van der Waals surface area contributed by atoms with Gasteiger partial charge >= 0.3 is 0 Å². The molecular formula is C32H37F3O. The van der Waals surface area contributed by atoms with Crippen LogP contribution in [-0.4, -0.2) is 7.11 Å². The van der Waals surface area contributed by atoms with E-state index in [1.54, 1.807) is 24.3 Å². The summed E-state index contributed by atoms with van der Waals surface area (Å²) in [5, 5.41) is 0. The van der Waals surface area contributed by atoms with Crippen molar-refractivity contribution in [2.45, 2.75) is 77.0 Å². The summed E-state index contributed by atoms with van der Waals surface area (Å²) in [4.78, 5) is 0. The Morgan fingerprint density at radius 2 is 1.50 bits per heavy atom. The summed E-state index contributed by atoms with van der Waals surface area (Å²) < 4.78 is 49.2. The number of benzene rings is 3. The van der Waals surface area contributed by atoms with Gasteiger partial charge in [-0.25, -0.2) is 13.2 Å². The number of aryl methyl sites for hydroxylation is 2. The quantitative estimate of drug-likeness (QED) is 0.255. The molecule has 1 aliphatic rings. The minimum absolute atomic E-state index is 0.0455. The van der Waals surface area contributed by atoms with Gasteiger partial charge in [0.1, 0.15) is 0 Å². The predicted octanol–water partition coefficient (Wildman–Crippen LogP) is 9.42. The number of unbranched alkanes of at least 4 members (excludes halogenated alkanes) is 2. The van der Waals surface area contributed by atoms with Crippen molar-refractivity contribution >= 4 is 0 Å². The van der Waals surface area contributed by atoms with E-state index in [1.807, 2.05) is 30.3 Å². The van der Waals surface area contributed by atoms with E-state index in [2.05, 4.69) is 6.92 Å². The second-order valence-corrected chi connectivity index (χ2v) is 10.2. The average Bonchev–Trinajstić information content (AvgIpc) is 2.90. The summed E-state index contributed by atoms with van der Waals surface area (Å²) in [6.07, 6.45) is 9.99. The zero-order chi connectivity index (χ0) is 25.5. The van der Waals surface area contributed by atoms with Crippen LogP contribution in [0, 0.1) is 23.4 Å². The first kappa shape index (κ1) is 26.3. The minimum atomic E-state index is -0.741. The van der Waals surface area contributed by atoms with Crippen LogP contribution in [0.2, 0.25) is 0 Å². The van der Waals surface area contributed by atoms with Gasteiger partial charge in [-0.1, -0.05) is 62.2 Å². The highest BCUT2D eigenvalue weighted by Gasteiger charge is 2.26. The van der Waals surface area contributed by atoms with E-state index in [-0.39, 0.29) is 17.5 Å². The Kier molecular flexibility index (Phi) is 9.12. The van der Waals surface area contributed by atoms with Gasteiger partial charge in [0.25, 0.3) is 0 Å². The van der Waals surface area contributed by atoms with Gasteiger partial charge in [0.2, 0.25) is 0 Å². The lowest BCUT2D eigenvalue weighted by molar-refractivity contribution is 0.305. The van der Waals surface area contributed by atoms with Gasteiger partial charge in [0, 0.05) is 5.56 Å². The lowest BCUT2D eigenvalue weighted by Gasteiger charge is -2.29. The molecule has 1 saturated carbocycles. The van der Waals surface area contributed by atoms with Crippen molar-refractivity contribution in [2.24, 2.45) is 5.92 Å². The molecule has 1 fully saturated rings. The highest BCUT2D eigenvalue weighted by molar-refractivity contribution is 5.65. The van der Waals surface area contributed by atoms with Crippen LogP contribution in [0.4, 0.5) is 13.2 Å². The smallest absolute Gasteiger partial charge is 0.166 e. The van der Waals surface area contributed by atoms with Crippen LogP contribution >= 0.6 is 0 Å². The molecule has 0 spiro atoms. The molecule has 192 valence electrons. The molecule has 0 amide bonds. The molecule has 0 heterocycles. The molecule has 4 rings (SSSR count). The van der Waals surface area contributed by atoms with Crippen molar-refractivity contribution < 1.29 is 17.9 Å². The Hall–Kier alpha value is -2.75. The number of hydrogen-bond donors (Lipinski definition) is 0. The SMILES string of the molecule is CCCCCc1ccc(-c2ccc(C3CCC(CCc4ccc(OC)c(F)c4)CC3)c(F)c2F)cc1. The molecule has 4 heteroatoms. The van der Waals surface area contributed by atoms with E-state index in [1.165, 1.54) is 25.5 Å². The largest absolute Gasteiger partial charge is 0.494 e. The van der Waals surface area contributed by atoms with Gasteiger partial charge in [0.15, 0.2) is 23.2 Å². The van der Waals surface area contributed by atoms with Gasteiger partial charge in [-0.05, 0) is 97.6 Å². The van der Waals surface area contributed by atoms with E-state index >= 15 is 8.78 Å². The number of methoxy groups -OCH3 is 1. The van der Waals surface area contributed by atoms with Crippen LogP contribution in [0.1, 0.15) is 80.9 Å². The van der Waals surface area contributed by atoms with Gasteiger partial charge in [0.05, 0.1) is 7.11 Å². The van der Waals surface area contributed by atoms with Crippen molar-refractivity contribution in [1.82, 2.24) is 0 Å². The third-order valence-corrected chi connectivity index (χ3v) is 7.79. The van der Waals surface area contributed by atoms with Crippen LogP contribution in [0.3, 0.4) is 0 Å². The van der Waals surface area contributed by atoms with Crippen molar-refractivity contribution in [3.63, 3.8) is 0 Å². The molecular weight excluding hydrogens is 457 g/mol. The maximum atomic E-state index is 15.2. The van der Waals surface area contributed by atoms with Gasteiger partial charge in [-0.15, -0.1) is 0 Å². The van der Waals surface area contributed by atoms with Crippen LogP contribution < -0.4 is 4.74 Å². The Morgan fingerprint density at radius 1 is 0.778 bits per heavy atom. The first-order chi connectivity index (χ1) is 17.5. The molecule has 3 aromatic rings.